The molecule has 0 fully saturated rings. The van der Waals surface area contributed by atoms with Gasteiger partial charge in [-0.1, -0.05) is 24.3 Å². The maximum Gasteiger partial charge on any atom is 0.0273 e. The lowest BCUT2D eigenvalue weighted by Gasteiger charge is -2.05. The minimum Gasteiger partial charge on any atom is -0.319 e. The molecule has 0 aliphatic heterocycles. The molecule has 0 amide bonds. The average Bonchev–Trinajstić information content (AvgIpc) is 2.38. The second-order valence-electron chi connectivity index (χ2n) is 3.79. The first kappa shape index (κ1) is 10.8. The van der Waals surface area contributed by atoms with Crippen LogP contribution < -0.4 is 5.32 Å². The third-order valence-electron chi connectivity index (χ3n) is 2.60. The predicted molar refractivity (Wildman–Crippen MR) is 67.3 cm³/mol. The van der Waals surface area contributed by atoms with E-state index in [1.165, 1.54) is 16.7 Å². The van der Waals surface area contributed by atoms with Crippen molar-refractivity contribution >= 4 is 0 Å². The van der Waals surface area contributed by atoms with Crippen molar-refractivity contribution in [3.63, 3.8) is 0 Å². The van der Waals surface area contributed by atoms with Crippen LogP contribution in [0.2, 0.25) is 0 Å². The highest BCUT2D eigenvalue weighted by Gasteiger charge is 1.98. The van der Waals surface area contributed by atoms with E-state index in [9.17, 15) is 0 Å². The quantitative estimate of drug-likeness (QED) is 0.842. The van der Waals surface area contributed by atoms with E-state index in [4.69, 9.17) is 0 Å². The third-order valence-corrected chi connectivity index (χ3v) is 2.60. The molecular formula is C14H16N2. The van der Waals surface area contributed by atoms with Crippen molar-refractivity contribution in [1.29, 1.82) is 0 Å². The number of aromatic nitrogens is 1. The molecule has 0 bridgehead atoms. The van der Waals surface area contributed by atoms with Crippen LogP contribution in [0.15, 0.2) is 48.8 Å². The van der Waals surface area contributed by atoms with Crippen LogP contribution in [-0.2, 0) is 6.42 Å². The summed E-state index contributed by atoms with van der Waals surface area (Å²) < 4.78 is 0. The lowest BCUT2D eigenvalue weighted by molar-refractivity contribution is 0.792. The van der Waals surface area contributed by atoms with E-state index >= 15 is 0 Å². The molecule has 2 rings (SSSR count). The Morgan fingerprint density at radius 1 is 1.06 bits per heavy atom. The molecule has 2 aromatic rings. The molecule has 0 saturated carbocycles. The number of rotatable bonds is 4. The maximum atomic E-state index is 4.03. The van der Waals surface area contributed by atoms with Crippen LogP contribution in [-0.4, -0.2) is 18.6 Å². The second-order valence-corrected chi connectivity index (χ2v) is 3.79. The molecule has 1 aromatic carbocycles. The van der Waals surface area contributed by atoms with Gasteiger partial charge >= 0.3 is 0 Å². The summed E-state index contributed by atoms with van der Waals surface area (Å²) in [7, 11) is 1.98. The number of hydrogen-bond acceptors (Lipinski definition) is 2. The molecule has 0 unspecified atom stereocenters. The Bertz CT molecular complexity index is 437. The number of nitrogens with one attached hydrogen (secondary N) is 1. The van der Waals surface area contributed by atoms with Gasteiger partial charge in [0.2, 0.25) is 0 Å². The van der Waals surface area contributed by atoms with Gasteiger partial charge in [-0.25, -0.2) is 0 Å². The molecule has 2 nitrogen and oxygen atoms in total. The zero-order chi connectivity index (χ0) is 11.2. The van der Waals surface area contributed by atoms with Crippen molar-refractivity contribution in [3.8, 4) is 11.1 Å². The van der Waals surface area contributed by atoms with Gasteiger partial charge in [0.25, 0.3) is 0 Å². The first-order valence-corrected chi connectivity index (χ1v) is 5.54. The monoisotopic (exact) mass is 212 g/mol. The smallest absolute Gasteiger partial charge is 0.0273 e. The molecule has 1 N–H and O–H groups in total. The second kappa shape index (κ2) is 5.42. The summed E-state index contributed by atoms with van der Waals surface area (Å²) in [6.45, 7) is 1.01. The zero-order valence-electron chi connectivity index (χ0n) is 9.48. The summed E-state index contributed by atoms with van der Waals surface area (Å²) in [5, 5.41) is 3.17. The molecule has 0 radical (unpaired) electrons. The Kier molecular flexibility index (Phi) is 3.67. The fraction of sp³-hybridized carbons (Fsp3) is 0.214. The van der Waals surface area contributed by atoms with Gasteiger partial charge in [0, 0.05) is 12.4 Å². The Balaban J connectivity index is 2.22. The largest absolute Gasteiger partial charge is 0.319 e. The molecule has 0 aliphatic carbocycles. The van der Waals surface area contributed by atoms with Gasteiger partial charge in [0.05, 0.1) is 0 Å². The van der Waals surface area contributed by atoms with Crippen molar-refractivity contribution in [2.75, 3.05) is 13.6 Å². The Labute approximate surface area is 96.4 Å². The summed E-state index contributed by atoms with van der Waals surface area (Å²) in [6.07, 6.45) is 4.72. The van der Waals surface area contributed by atoms with Gasteiger partial charge < -0.3 is 5.32 Å². The standard InChI is InChI=1S/C14H16N2/c1-15-8-5-12-3-2-4-14(11-12)13-6-9-16-10-7-13/h2-4,6-7,9-11,15H,5,8H2,1H3. The summed E-state index contributed by atoms with van der Waals surface area (Å²) in [5.41, 5.74) is 3.85. The predicted octanol–water partition coefficient (Wildman–Crippen LogP) is 2.51. The minimum atomic E-state index is 1.01. The number of pyridine rings is 1. The molecule has 0 saturated heterocycles. The van der Waals surface area contributed by atoms with E-state index in [-0.39, 0.29) is 0 Å². The molecule has 0 spiro atoms. The topological polar surface area (TPSA) is 24.9 Å². The summed E-state index contributed by atoms with van der Waals surface area (Å²) in [6, 6.07) is 12.7. The molecule has 82 valence electrons. The summed E-state index contributed by atoms with van der Waals surface area (Å²) in [4.78, 5) is 4.03. The molecule has 1 aromatic heterocycles. The van der Waals surface area contributed by atoms with Crippen molar-refractivity contribution in [2.45, 2.75) is 6.42 Å². The molecule has 2 heteroatoms. The van der Waals surface area contributed by atoms with E-state index < -0.39 is 0 Å². The van der Waals surface area contributed by atoms with E-state index in [0.717, 1.165) is 13.0 Å². The van der Waals surface area contributed by atoms with E-state index in [1.54, 1.807) is 0 Å². The highest BCUT2D eigenvalue weighted by atomic mass is 14.8. The Hall–Kier alpha value is -1.67. The minimum absolute atomic E-state index is 1.01. The number of benzene rings is 1. The SMILES string of the molecule is CNCCc1cccc(-c2ccncc2)c1. The lowest BCUT2D eigenvalue weighted by atomic mass is 10.0. The molecular weight excluding hydrogens is 196 g/mol. The Morgan fingerprint density at radius 2 is 1.88 bits per heavy atom. The van der Waals surface area contributed by atoms with Gasteiger partial charge in [-0.15, -0.1) is 0 Å². The van der Waals surface area contributed by atoms with Gasteiger partial charge in [-0.05, 0) is 48.8 Å². The average molecular weight is 212 g/mol. The van der Waals surface area contributed by atoms with E-state index in [1.807, 2.05) is 31.6 Å². The maximum absolute atomic E-state index is 4.03. The van der Waals surface area contributed by atoms with E-state index in [0.29, 0.717) is 0 Å². The zero-order valence-corrected chi connectivity index (χ0v) is 9.48. The number of hydrogen-bond donors (Lipinski definition) is 1. The van der Waals surface area contributed by atoms with Crippen LogP contribution in [0, 0.1) is 0 Å². The van der Waals surface area contributed by atoms with Crippen LogP contribution in [0.5, 0.6) is 0 Å². The lowest BCUT2D eigenvalue weighted by Crippen LogP contribution is -2.10. The highest BCUT2D eigenvalue weighted by Crippen LogP contribution is 2.19. The fourth-order valence-corrected chi connectivity index (χ4v) is 1.72. The first-order valence-electron chi connectivity index (χ1n) is 5.54. The molecule has 16 heavy (non-hydrogen) atoms. The third kappa shape index (κ3) is 2.67. The van der Waals surface area contributed by atoms with Gasteiger partial charge in [0.15, 0.2) is 0 Å². The van der Waals surface area contributed by atoms with Crippen molar-refractivity contribution in [1.82, 2.24) is 10.3 Å². The fourth-order valence-electron chi connectivity index (χ4n) is 1.72. The number of nitrogens with zero attached hydrogens (tertiary/aromatic N) is 1. The Morgan fingerprint density at radius 3 is 2.62 bits per heavy atom. The van der Waals surface area contributed by atoms with Gasteiger partial charge in [0.1, 0.15) is 0 Å². The van der Waals surface area contributed by atoms with Crippen LogP contribution >= 0.6 is 0 Å². The molecule has 0 aliphatic rings. The summed E-state index contributed by atoms with van der Waals surface area (Å²) >= 11 is 0. The van der Waals surface area contributed by atoms with Crippen molar-refractivity contribution in [3.05, 3.63) is 54.4 Å². The normalized spacial score (nSPS) is 10.3. The summed E-state index contributed by atoms with van der Waals surface area (Å²) in [5.74, 6) is 0. The first-order chi connectivity index (χ1) is 7.90. The van der Waals surface area contributed by atoms with Crippen molar-refractivity contribution < 1.29 is 0 Å². The number of likely N-dealkylation sites (N-methyl/N-ethyl adjacent to an activating group) is 1. The van der Waals surface area contributed by atoms with Crippen LogP contribution in [0.4, 0.5) is 0 Å². The highest BCUT2D eigenvalue weighted by molar-refractivity contribution is 5.63. The van der Waals surface area contributed by atoms with Crippen LogP contribution in [0.1, 0.15) is 5.56 Å². The van der Waals surface area contributed by atoms with Crippen LogP contribution in [0.3, 0.4) is 0 Å². The molecule has 0 atom stereocenters. The van der Waals surface area contributed by atoms with E-state index in [2.05, 4.69) is 34.6 Å². The van der Waals surface area contributed by atoms with Gasteiger partial charge in [-0.3, -0.25) is 4.98 Å². The molecule has 1 heterocycles. The van der Waals surface area contributed by atoms with Crippen molar-refractivity contribution in [2.24, 2.45) is 0 Å². The van der Waals surface area contributed by atoms with Crippen LogP contribution in [0.25, 0.3) is 11.1 Å². The van der Waals surface area contributed by atoms with Gasteiger partial charge in [-0.2, -0.15) is 0 Å².